The number of hydrogen-bond donors (Lipinski definition) is 1. The molecule has 0 bridgehead atoms. The van der Waals surface area contributed by atoms with Crippen LogP contribution in [0.5, 0.6) is 0 Å². The molecule has 0 radical (unpaired) electrons. The molecular formula is C13H15NO3. The van der Waals surface area contributed by atoms with Crippen LogP contribution in [-0.2, 0) is 9.59 Å². The summed E-state index contributed by atoms with van der Waals surface area (Å²) >= 11 is 0. The van der Waals surface area contributed by atoms with Crippen LogP contribution >= 0.6 is 0 Å². The van der Waals surface area contributed by atoms with Gasteiger partial charge >= 0.3 is 5.97 Å². The molecule has 1 N–H and O–H groups in total. The van der Waals surface area contributed by atoms with Gasteiger partial charge < -0.3 is 10.0 Å². The van der Waals surface area contributed by atoms with Gasteiger partial charge in [-0.3, -0.25) is 9.59 Å². The summed E-state index contributed by atoms with van der Waals surface area (Å²) in [4.78, 5) is 24.9. The lowest BCUT2D eigenvalue weighted by molar-refractivity contribution is -0.148. The first-order valence-corrected chi connectivity index (χ1v) is 5.72. The second kappa shape index (κ2) is 4.20. The zero-order valence-electron chi connectivity index (χ0n) is 9.72. The Morgan fingerprint density at radius 1 is 1.29 bits per heavy atom. The van der Waals surface area contributed by atoms with E-state index >= 15 is 0 Å². The largest absolute Gasteiger partial charge is 0.480 e. The Morgan fingerprint density at radius 2 is 1.88 bits per heavy atom. The van der Waals surface area contributed by atoms with Crippen LogP contribution in [0, 0.1) is 5.41 Å². The highest BCUT2D eigenvalue weighted by Crippen LogP contribution is 2.48. The van der Waals surface area contributed by atoms with Gasteiger partial charge in [-0.1, -0.05) is 18.2 Å². The Morgan fingerprint density at radius 3 is 2.29 bits per heavy atom. The van der Waals surface area contributed by atoms with E-state index < -0.39 is 11.4 Å². The van der Waals surface area contributed by atoms with Gasteiger partial charge in [-0.25, -0.2) is 0 Å². The van der Waals surface area contributed by atoms with Gasteiger partial charge in [0, 0.05) is 12.2 Å². The molecule has 17 heavy (non-hydrogen) atoms. The number of carbonyl (C=O) groups is 2. The molecule has 1 saturated carbocycles. The van der Waals surface area contributed by atoms with Crippen molar-refractivity contribution in [3.63, 3.8) is 0 Å². The fraction of sp³-hybridized carbons (Fsp3) is 0.385. The lowest BCUT2D eigenvalue weighted by Crippen LogP contribution is -2.40. The lowest BCUT2D eigenvalue weighted by atomic mass is 10.1. The summed E-state index contributed by atoms with van der Waals surface area (Å²) in [6, 6.07) is 9.18. The molecule has 0 saturated heterocycles. The van der Waals surface area contributed by atoms with Crippen LogP contribution in [0.1, 0.15) is 19.8 Å². The van der Waals surface area contributed by atoms with Gasteiger partial charge in [-0.05, 0) is 31.9 Å². The van der Waals surface area contributed by atoms with Crippen LogP contribution < -0.4 is 4.90 Å². The smallest absolute Gasteiger partial charge is 0.319 e. The maximum Gasteiger partial charge on any atom is 0.319 e. The predicted octanol–water partition coefficient (Wildman–Crippen LogP) is 1.90. The first kappa shape index (κ1) is 11.6. The number of benzene rings is 1. The Hall–Kier alpha value is -1.84. The number of rotatable bonds is 4. The van der Waals surface area contributed by atoms with E-state index in [9.17, 15) is 9.59 Å². The van der Waals surface area contributed by atoms with Gasteiger partial charge in [0.25, 0.3) is 0 Å². The molecule has 1 aliphatic rings. The molecule has 0 spiro atoms. The molecule has 1 aromatic rings. The van der Waals surface area contributed by atoms with E-state index in [1.54, 1.807) is 4.90 Å². The van der Waals surface area contributed by atoms with Crippen molar-refractivity contribution in [3.05, 3.63) is 30.3 Å². The Balaban J connectivity index is 2.26. The van der Waals surface area contributed by atoms with Gasteiger partial charge in [-0.2, -0.15) is 0 Å². The molecule has 1 fully saturated rings. The van der Waals surface area contributed by atoms with Crippen molar-refractivity contribution in [2.24, 2.45) is 5.41 Å². The van der Waals surface area contributed by atoms with E-state index in [-0.39, 0.29) is 5.91 Å². The fourth-order valence-corrected chi connectivity index (χ4v) is 1.95. The normalized spacial score (nSPS) is 16.3. The minimum Gasteiger partial charge on any atom is -0.480 e. The van der Waals surface area contributed by atoms with E-state index in [4.69, 9.17) is 5.11 Å². The summed E-state index contributed by atoms with van der Waals surface area (Å²) in [5.41, 5.74) is -0.404. The average molecular weight is 233 g/mol. The predicted molar refractivity (Wildman–Crippen MR) is 63.8 cm³/mol. The third-order valence-corrected chi connectivity index (χ3v) is 3.20. The highest BCUT2D eigenvalue weighted by Gasteiger charge is 2.58. The number of carboxylic acids is 1. The number of aliphatic carboxylic acids is 1. The number of nitrogens with zero attached hydrogens (tertiary/aromatic N) is 1. The first-order chi connectivity index (χ1) is 8.12. The maximum atomic E-state index is 12.2. The maximum absolute atomic E-state index is 12.2. The highest BCUT2D eigenvalue weighted by molar-refractivity contribution is 6.11. The topological polar surface area (TPSA) is 57.6 Å². The number of amides is 1. The minimum atomic E-state index is -1.16. The zero-order valence-corrected chi connectivity index (χ0v) is 9.72. The van der Waals surface area contributed by atoms with Gasteiger partial charge in [0.2, 0.25) is 5.91 Å². The second-order valence-electron chi connectivity index (χ2n) is 4.27. The molecule has 0 unspecified atom stereocenters. The molecule has 0 aliphatic heterocycles. The lowest BCUT2D eigenvalue weighted by Gasteiger charge is -2.24. The average Bonchev–Trinajstić information content (AvgIpc) is 3.12. The van der Waals surface area contributed by atoms with Crippen molar-refractivity contribution < 1.29 is 14.7 Å². The van der Waals surface area contributed by atoms with E-state index in [1.807, 2.05) is 37.3 Å². The SMILES string of the molecule is CCN(C(=O)C1(C(=O)O)CC1)c1ccccc1. The molecule has 0 heterocycles. The van der Waals surface area contributed by atoms with E-state index in [1.165, 1.54) is 0 Å². The van der Waals surface area contributed by atoms with Crippen molar-refractivity contribution in [3.8, 4) is 0 Å². The fourth-order valence-electron chi connectivity index (χ4n) is 1.95. The molecule has 1 aromatic carbocycles. The minimum absolute atomic E-state index is 0.293. The number of anilines is 1. The van der Waals surface area contributed by atoms with Crippen molar-refractivity contribution in [1.82, 2.24) is 0 Å². The standard InChI is InChI=1S/C13H15NO3/c1-2-14(10-6-4-3-5-7-10)11(15)13(8-9-13)12(16)17/h3-7H,2,8-9H2,1H3,(H,16,17). The number of para-hydroxylation sites is 1. The third-order valence-electron chi connectivity index (χ3n) is 3.20. The van der Waals surface area contributed by atoms with Crippen molar-refractivity contribution >= 4 is 17.6 Å². The van der Waals surface area contributed by atoms with Crippen LogP contribution in [0.15, 0.2) is 30.3 Å². The summed E-state index contributed by atoms with van der Waals surface area (Å²) in [5.74, 6) is -1.30. The zero-order chi connectivity index (χ0) is 12.5. The van der Waals surface area contributed by atoms with Gasteiger partial charge in [0.05, 0.1) is 0 Å². The van der Waals surface area contributed by atoms with E-state index in [2.05, 4.69) is 0 Å². The summed E-state index contributed by atoms with van der Waals surface area (Å²) in [7, 11) is 0. The quantitative estimate of drug-likeness (QED) is 0.808. The van der Waals surface area contributed by atoms with Crippen LogP contribution in [-0.4, -0.2) is 23.5 Å². The van der Waals surface area contributed by atoms with E-state index in [0.29, 0.717) is 19.4 Å². The van der Waals surface area contributed by atoms with Crippen LogP contribution in [0.3, 0.4) is 0 Å². The number of carboxylic acid groups (broad SMARTS) is 1. The van der Waals surface area contributed by atoms with Gasteiger partial charge in [-0.15, -0.1) is 0 Å². The summed E-state index contributed by atoms with van der Waals surface area (Å²) in [6.45, 7) is 2.33. The van der Waals surface area contributed by atoms with Crippen molar-refractivity contribution in [2.45, 2.75) is 19.8 Å². The number of carbonyl (C=O) groups excluding carboxylic acids is 1. The molecule has 4 heteroatoms. The van der Waals surface area contributed by atoms with Gasteiger partial charge in [0.1, 0.15) is 5.41 Å². The second-order valence-corrected chi connectivity index (χ2v) is 4.27. The van der Waals surface area contributed by atoms with Gasteiger partial charge in [0.15, 0.2) is 0 Å². The third kappa shape index (κ3) is 1.90. The number of hydrogen-bond acceptors (Lipinski definition) is 2. The molecule has 2 rings (SSSR count). The molecule has 90 valence electrons. The molecule has 0 aromatic heterocycles. The van der Waals surface area contributed by atoms with Crippen LogP contribution in [0.25, 0.3) is 0 Å². The molecular weight excluding hydrogens is 218 g/mol. The molecule has 1 aliphatic carbocycles. The Bertz CT molecular complexity index is 437. The summed E-state index contributed by atoms with van der Waals surface area (Å²) in [5, 5.41) is 9.12. The molecule has 0 atom stereocenters. The highest BCUT2D eigenvalue weighted by atomic mass is 16.4. The van der Waals surface area contributed by atoms with E-state index in [0.717, 1.165) is 5.69 Å². The summed E-state index contributed by atoms with van der Waals surface area (Å²) < 4.78 is 0. The monoisotopic (exact) mass is 233 g/mol. The van der Waals surface area contributed by atoms with Crippen LogP contribution in [0.2, 0.25) is 0 Å². The van der Waals surface area contributed by atoms with Crippen molar-refractivity contribution in [1.29, 1.82) is 0 Å². The molecule has 1 amide bonds. The Labute approximate surface area is 99.9 Å². The first-order valence-electron chi connectivity index (χ1n) is 5.72. The van der Waals surface area contributed by atoms with Crippen LogP contribution in [0.4, 0.5) is 5.69 Å². The molecule has 4 nitrogen and oxygen atoms in total. The Kier molecular flexibility index (Phi) is 2.88. The summed E-state index contributed by atoms with van der Waals surface area (Å²) in [6.07, 6.45) is 0.898. The van der Waals surface area contributed by atoms with Crippen molar-refractivity contribution in [2.75, 3.05) is 11.4 Å².